The summed E-state index contributed by atoms with van der Waals surface area (Å²) in [5.74, 6) is 0. The first-order valence-electron chi connectivity index (χ1n) is 2.01. The number of hydrogen-bond acceptors (Lipinski definition) is 1. The van der Waals surface area contributed by atoms with Gasteiger partial charge in [-0.1, -0.05) is 0 Å². The SMILES string of the molecule is C=C[Te]CCC#N. The van der Waals surface area contributed by atoms with Gasteiger partial charge < -0.3 is 0 Å². The molecule has 0 aromatic heterocycles. The van der Waals surface area contributed by atoms with E-state index in [1.54, 1.807) is 0 Å². The van der Waals surface area contributed by atoms with Crippen LogP contribution in [-0.2, 0) is 0 Å². The van der Waals surface area contributed by atoms with E-state index in [1.807, 2.05) is 4.12 Å². The molecule has 0 atom stereocenters. The van der Waals surface area contributed by atoms with Crippen LogP contribution in [0.15, 0.2) is 10.7 Å². The molecule has 0 unspecified atom stereocenters. The van der Waals surface area contributed by atoms with Gasteiger partial charge in [-0.15, -0.1) is 0 Å². The van der Waals surface area contributed by atoms with Crippen LogP contribution in [0.1, 0.15) is 6.42 Å². The van der Waals surface area contributed by atoms with Gasteiger partial charge in [-0.2, -0.15) is 0 Å². The number of nitriles is 1. The van der Waals surface area contributed by atoms with Crippen LogP contribution in [0.4, 0.5) is 0 Å². The van der Waals surface area contributed by atoms with Crippen molar-refractivity contribution < 1.29 is 0 Å². The second-order valence-corrected chi connectivity index (χ2v) is 4.01. The van der Waals surface area contributed by atoms with Crippen LogP contribution in [0.2, 0.25) is 4.47 Å². The molecule has 0 aliphatic rings. The molecule has 0 saturated carbocycles. The van der Waals surface area contributed by atoms with Crippen molar-refractivity contribution in [1.82, 2.24) is 0 Å². The summed E-state index contributed by atoms with van der Waals surface area (Å²) in [7, 11) is 0. The molecule has 0 amide bonds. The summed E-state index contributed by atoms with van der Waals surface area (Å²) in [5.41, 5.74) is 0. The van der Waals surface area contributed by atoms with E-state index < -0.39 is 0 Å². The molecule has 0 aliphatic carbocycles. The van der Waals surface area contributed by atoms with E-state index in [4.69, 9.17) is 5.26 Å². The van der Waals surface area contributed by atoms with E-state index in [0.29, 0.717) is 6.42 Å². The van der Waals surface area contributed by atoms with E-state index in [2.05, 4.69) is 12.6 Å². The summed E-state index contributed by atoms with van der Waals surface area (Å²) in [6.45, 7) is 3.58. The molecular weight excluding hydrogens is 202 g/mol. The molecule has 0 aromatic carbocycles. The molecule has 0 aliphatic heterocycles. The summed E-state index contributed by atoms with van der Waals surface area (Å²) in [5, 5.41) is 8.03. The Kier molecular flexibility index (Phi) is 6.04. The van der Waals surface area contributed by atoms with Crippen molar-refractivity contribution in [2.75, 3.05) is 0 Å². The fourth-order valence-electron chi connectivity index (χ4n) is 0.188. The van der Waals surface area contributed by atoms with Gasteiger partial charge in [0.2, 0.25) is 0 Å². The van der Waals surface area contributed by atoms with Gasteiger partial charge in [0.15, 0.2) is 0 Å². The van der Waals surface area contributed by atoms with Crippen LogP contribution in [0.5, 0.6) is 0 Å². The van der Waals surface area contributed by atoms with E-state index in [9.17, 15) is 0 Å². The van der Waals surface area contributed by atoms with Crippen molar-refractivity contribution >= 4 is 20.9 Å². The summed E-state index contributed by atoms with van der Waals surface area (Å²) in [6, 6.07) is 2.09. The molecule has 0 heterocycles. The van der Waals surface area contributed by atoms with Gasteiger partial charge >= 0.3 is 53.8 Å². The molecule has 7 heavy (non-hydrogen) atoms. The molecule has 0 rings (SSSR count). The molecule has 0 fully saturated rings. The third kappa shape index (κ3) is 6.02. The van der Waals surface area contributed by atoms with Gasteiger partial charge in [0.1, 0.15) is 0 Å². The van der Waals surface area contributed by atoms with Crippen molar-refractivity contribution in [3.63, 3.8) is 0 Å². The van der Waals surface area contributed by atoms with Crippen LogP contribution in [0, 0.1) is 11.3 Å². The summed E-state index contributed by atoms with van der Waals surface area (Å²) >= 11 is 0.0170. The molecule has 0 bridgehead atoms. The normalized spacial score (nSPS) is 7.29. The number of hydrogen-bond donors (Lipinski definition) is 0. The zero-order chi connectivity index (χ0) is 5.54. The Bertz CT molecular complexity index is 82.6. The van der Waals surface area contributed by atoms with Crippen molar-refractivity contribution in [3.05, 3.63) is 10.7 Å². The fraction of sp³-hybridized carbons (Fsp3) is 0.400. The Balaban J connectivity index is 2.72. The third-order valence-corrected chi connectivity index (χ3v) is 2.38. The van der Waals surface area contributed by atoms with Crippen LogP contribution in [0.25, 0.3) is 0 Å². The second kappa shape index (κ2) is 6.02. The summed E-state index contributed by atoms with van der Waals surface area (Å²) in [4.78, 5) is 0. The predicted molar refractivity (Wildman–Crippen MR) is 31.0 cm³/mol. The second-order valence-electron chi connectivity index (χ2n) is 0.946. The molecule has 0 aromatic rings. The average molecular weight is 209 g/mol. The van der Waals surface area contributed by atoms with E-state index in [1.165, 1.54) is 0 Å². The van der Waals surface area contributed by atoms with Crippen molar-refractivity contribution in [1.29, 1.82) is 5.26 Å². The van der Waals surface area contributed by atoms with Crippen LogP contribution < -0.4 is 0 Å². The number of rotatable bonds is 3. The Hall–Kier alpha value is 0.0196. The molecule has 38 valence electrons. The quantitative estimate of drug-likeness (QED) is 0.505. The molecule has 0 N–H and O–H groups in total. The standard InChI is InChI=1S/C5H7NTe/c1-2-7-5-3-4-6/h2H,1,3,5H2. The topological polar surface area (TPSA) is 23.8 Å². The maximum atomic E-state index is 8.03. The van der Waals surface area contributed by atoms with Gasteiger partial charge in [-0.3, -0.25) is 0 Å². The Morgan fingerprint density at radius 3 is 3.00 bits per heavy atom. The summed E-state index contributed by atoms with van der Waals surface area (Å²) in [6.07, 6.45) is 0.717. The number of nitrogens with zero attached hydrogens (tertiary/aromatic N) is 1. The van der Waals surface area contributed by atoms with E-state index in [0.717, 1.165) is 4.47 Å². The molecule has 0 spiro atoms. The third-order valence-electron chi connectivity index (χ3n) is 0.450. The minimum atomic E-state index is 0.0170. The minimum absolute atomic E-state index is 0.0170. The first kappa shape index (κ1) is 7.02. The fourth-order valence-corrected chi connectivity index (χ4v) is 1.26. The zero-order valence-corrected chi connectivity index (χ0v) is 6.38. The van der Waals surface area contributed by atoms with Crippen molar-refractivity contribution in [2.24, 2.45) is 0 Å². The van der Waals surface area contributed by atoms with Crippen molar-refractivity contribution in [3.8, 4) is 6.07 Å². The maximum absolute atomic E-state index is 8.03. The van der Waals surface area contributed by atoms with Gasteiger partial charge in [0.05, 0.1) is 0 Å². The van der Waals surface area contributed by atoms with Crippen LogP contribution in [0.3, 0.4) is 0 Å². The first-order valence-corrected chi connectivity index (χ1v) is 5.00. The van der Waals surface area contributed by atoms with Crippen LogP contribution in [-0.4, -0.2) is 20.9 Å². The summed E-state index contributed by atoms with van der Waals surface area (Å²) < 4.78 is 3.05. The van der Waals surface area contributed by atoms with Gasteiger partial charge in [-0.05, 0) is 0 Å². The average Bonchev–Trinajstić information content (AvgIpc) is 1.69. The van der Waals surface area contributed by atoms with Gasteiger partial charge in [0.25, 0.3) is 0 Å². The van der Waals surface area contributed by atoms with Gasteiger partial charge in [0, 0.05) is 0 Å². The predicted octanol–water partition coefficient (Wildman–Crippen LogP) is 1.17. The van der Waals surface area contributed by atoms with Crippen molar-refractivity contribution in [2.45, 2.75) is 10.9 Å². The molecule has 0 saturated heterocycles. The Morgan fingerprint density at radius 2 is 2.57 bits per heavy atom. The Labute approximate surface area is 54.1 Å². The van der Waals surface area contributed by atoms with E-state index in [-0.39, 0.29) is 20.9 Å². The zero-order valence-electron chi connectivity index (χ0n) is 4.05. The van der Waals surface area contributed by atoms with Crippen LogP contribution >= 0.6 is 0 Å². The van der Waals surface area contributed by atoms with E-state index >= 15 is 0 Å². The van der Waals surface area contributed by atoms with Gasteiger partial charge in [-0.25, -0.2) is 0 Å². The molecule has 2 heteroatoms. The molecular formula is C5H7NTe. The molecule has 1 nitrogen and oxygen atoms in total. The Morgan fingerprint density at radius 1 is 1.86 bits per heavy atom. The monoisotopic (exact) mass is 211 g/mol. The molecule has 0 radical (unpaired) electrons. The first-order chi connectivity index (χ1) is 3.41.